The van der Waals surface area contributed by atoms with Gasteiger partial charge in [0.15, 0.2) is 23.2 Å². The van der Waals surface area contributed by atoms with Gasteiger partial charge in [-0.25, -0.2) is 4.98 Å². The third kappa shape index (κ3) is 8.77. The van der Waals surface area contributed by atoms with Crippen molar-refractivity contribution in [2.24, 2.45) is 48.0 Å². The number of Topliss-reactive ketones (excluding diaryl/α,β-unsaturated/α-hetero) is 4. The van der Waals surface area contributed by atoms with Gasteiger partial charge in [0.2, 0.25) is 17.6 Å². The van der Waals surface area contributed by atoms with Crippen molar-refractivity contribution >= 4 is 34.9 Å². The van der Waals surface area contributed by atoms with Crippen LogP contribution in [-0.2, 0) is 31.0 Å². The highest BCUT2D eigenvalue weighted by Gasteiger charge is 2.52. The Bertz CT molecular complexity index is 1400. The van der Waals surface area contributed by atoms with Gasteiger partial charge in [0.1, 0.15) is 6.04 Å². The lowest BCUT2D eigenvalue weighted by atomic mass is 9.76. The summed E-state index contributed by atoms with van der Waals surface area (Å²) in [4.78, 5) is 88.5. The summed E-state index contributed by atoms with van der Waals surface area (Å²) in [5, 5.41) is 3.12. The lowest BCUT2D eigenvalue weighted by Gasteiger charge is -2.38. The maximum Gasteiger partial charge on any atom is 0.246 e. The van der Waals surface area contributed by atoms with Gasteiger partial charge in [0.05, 0.1) is 6.04 Å². The number of hydrogen-bond donors (Lipinski definition) is 1. The Labute approximate surface area is 291 Å². The number of aromatic nitrogens is 2. The average Bonchev–Trinajstić information content (AvgIpc) is 3.40. The third-order valence-corrected chi connectivity index (χ3v) is 11.8. The molecule has 0 bridgehead atoms. The summed E-state index contributed by atoms with van der Waals surface area (Å²) in [5.74, 6) is -2.12. The standard InChI is InChI=1S/C39H58N4O6/c1-6-11-26(34(47)31(45)20-24-16-17-24)21-30(44)33-28-15-10-14-27(28)23-43(33)38(49)35(39(2,3)4)41-37(48)29(25-12-8-7-9-13-25)22-32(46)36-40-18-19-42(36)5/h18-19,24-29,33,35H,6-17,20-23H2,1-5H3,(H,41,48)/t26-,27?,28+,29+,33+,35-/m1/s1. The van der Waals surface area contributed by atoms with Crippen LogP contribution in [0.3, 0.4) is 0 Å². The van der Waals surface area contributed by atoms with Crippen molar-refractivity contribution in [1.29, 1.82) is 0 Å². The number of fused-ring (bicyclic) bond motifs is 1. The average molecular weight is 679 g/mol. The molecule has 3 aliphatic carbocycles. The van der Waals surface area contributed by atoms with Gasteiger partial charge < -0.3 is 14.8 Å². The first-order valence-electron chi connectivity index (χ1n) is 19.0. The van der Waals surface area contributed by atoms with Crippen LogP contribution in [0.15, 0.2) is 12.4 Å². The number of imidazole rings is 1. The smallest absolute Gasteiger partial charge is 0.246 e. The van der Waals surface area contributed by atoms with Crippen molar-refractivity contribution in [2.45, 2.75) is 136 Å². The fourth-order valence-corrected chi connectivity index (χ4v) is 8.89. The van der Waals surface area contributed by atoms with E-state index in [1.165, 1.54) is 0 Å². The van der Waals surface area contributed by atoms with Gasteiger partial charge in [0.25, 0.3) is 0 Å². The van der Waals surface area contributed by atoms with Crippen LogP contribution in [0.25, 0.3) is 0 Å². The minimum atomic E-state index is -0.906. The number of carbonyl (C=O) groups excluding carboxylic acids is 6. The van der Waals surface area contributed by atoms with E-state index in [9.17, 15) is 28.8 Å². The number of nitrogens with one attached hydrogen (secondary N) is 1. The number of hydrogen-bond acceptors (Lipinski definition) is 7. The van der Waals surface area contributed by atoms with Crippen molar-refractivity contribution in [2.75, 3.05) is 6.54 Å². The Morgan fingerprint density at radius 3 is 2.27 bits per heavy atom. The number of rotatable bonds is 16. The van der Waals surface area contributed by atoms with E-state index < -0.39 is 35.1 Å². The zero-order valence-corrected chi connectivity index (χ0v) is 30.4. The van der Waals surface area contributed by atoms with Gasteiger partial charge in [-0.1, -0.05) is 59.8 Å². The zero-order chi connectivity index (χ0) is 35.5. The highest BCUT2D eigenvalue weighted by atomic mass is 16.2. The lowest BCUT2D eigenvalue weighted by molar-refractivity contribution is -0.146. The Balaban J connectivity index is 1.36. The van der Waals surface area contributed by atoms with E-state index in [-0.39, 0.29) is 66.2 Å². The Hall–Kier alpha value is -3.17. The Morgan fingerprint density at radius 1 is 0.939 bits per heavy atom. The summed E-state index contributed by atoms with van der Waals surface area (Å²) in [5.41, 5.74) is -0.672. The van der Waals surface area contributed by atoms with Crippen LogP contribution in [0.5, 0.6) is 0 Å². The van der Waals surface area contributed by atoms with E-state index in [0.29, 0.717) is 31.1 Å². The van der Waals surface area contributed by atoms with Gasteiger partial charge >= 0.3 is 0 Å². The maximum atomic E-state index is 14.7. The molecule has 1 aliphatic heterocycles. The second-order valence-electron chi connectivity index (χ2n) is 16.7. The van der Waals surface area contributed by atoms with Crippen molar-refractivity contribution in [3.8, 4) is 0 Å². The molecule has 1 aromatic heterocycles. The summed E-state index contributed by atoms with van der Waals surface area (Å²) >= 11 is 0. The molecule has 10 nitrogen and oxygen atoms in total. The van der Waals surface area contributed by atoms with E-state index in [4.69, 9.17) is 0 Å². The molecule has 1 aromatic rings. The molecule has 0 spiro atoms. The highest BCUT2D eigenvalue weighted by molar-refractivity contribution is 6.38. The second kappa shape index (κ2) is 15.8. The SMILES string of the molecule is CCC[C@H](CC(=O)[C@@H]1[C@H]2CCCC2CN1C(=O)[C@@H](NC(=O)[C@@H](CC(=O)c1nccn1C)C1CCCCC1)C(C)(C)C)C(=O)C(=O)CC1CC1. The highest BCUT2D eigenvalue weighted by Crippen LogP contribution is 2.44. The number of amides is 2. The van der Waals surface area contributed by atoms with Crippen LogP contribution in [0.1, 0.15) is 135 Å². The van der Waals surface area contributed by atoms with Crippen LogP contribution >= 0.6 is 0 Å². The van der Waals surface area contributed by atoms with Crippen molar-refractivity contribution < 1.29 is 28.8 Å². The van der Waals surface area contributed by atoms with E-state index in [0.717, 1.165) is 64.2 Å². The second-order valence-corrected chi connectivity index (χ2v) is 16.7. The number of nitrogens with zero attached hydrogens (tertiary/aromatic N) is 3. The van der Waals surface area contributed by atoms with Crippen LogP contribution in [-0.4, -0.2) is 68.0 Å². The van der Waals surface area contributed by atoms with E-state index in [1.54, 1.807) is 28.9 Å². The number of ketones is 4. The predicted octanol–water partition coefficient (Wildman–Crippen LogP) is 5.66. The minimum Gasteiger partial charge on any atom is -0.344 e. The number of carbonyl (C=O) groups is 6. The molecule has 1 unspecified atom stereocenters. The van der Waals surface area contributed by atoms with Crippen LogP contribution in [0.4, 0.5) is 0 Å². The number of likely N-dealkylation sites (tertiary alicyclic amines) is 1. The quantitative estimate of drug-likeness (QED) is 0.176. The fourth-order valence-electron chi connectivity index (χ4n) is 8.89. The number of aryl methyl sites for hydroxylation is 1. The van der Waals surface area contributed by atoms with Crippen LogP contribution in [0.2, 0.25) is 0 Å². The van der Waals surface area contributed by atoms with Crippen molar-refractivity contribution in [3.63, 3.8) is 0 Å². The molecule has 2 amide bonds. The van der Waals surface area contributed by atoms with Gasteiger partial charge in [-0.15, -0.1) is 0 Å². The molecule has 1 N–H and O–H groups in total. The van der Waals surface area contributed by atoms with Gasteiger partial charge in [-0.2, -0.15) is 0 Å². The molecule has 4 aliphatic rings. The van der Waals surface area contributed by atoms with E-state index >= 15 is 0 Å². The lowest BCUT2D eigenvalue weighted by Crippen LogP contribution is -2.58. The predicted molar refractivity (Wildman–Crippen MR) is 185 cm³/mol. The molecule has 2 heterocycles. The molecule has 3 saturated carbocycles. The minimum absolute atomic E-state index is 0.0118. The summed E-state index contributed by atoms with van der Waals surface area (Å²) in [7, 11) is 1.76. The van der Waals surface area contributed by atoms with Gasteiger partial charge in [0, 0.05) is 57.1 Å². The molecular formula is C39H58N4O6. The summed E-state index contributed by atoms with van der Waals surface area (Å²) in [6.45, 7) is 8.15. The van der Waals surface area contributed by atoms with Crippen molar-refractivity contribution in [3.05, 3.63) is 18.2 Å². The molecule has 49 heavy (non-hydrogen) atoms. The first-order valence-corrected chi connectivity index (χ1v) is 19.0. The Morgan fingerprint density at radius 2 is 1.65 bits per heavy atom. The first kappa shape index (κ1) is 37.1. The third-order valence-electron chi connectivity index (χ3n) is 11.8. The molecule has 6 atom stereocenters. The van der Waals surface area contributed by atoms with E-state index in [1.807, 2.05) is 27.7 Å². The largest absolute Gasteiger partial charge is 0.344 e. The first-order chi connectivity index (χ1) is 23.3. The zero-order valence-electron chi connectivity index (χ0n) is 30.4. The summed E-state index contributed by atoms with van der Waals surface area (Å²) < 4.78 is 1.67. The summed E-state index contributed by atoms with van der Waals surface area (Å²) in [6, 6.07) is -1.58. The van der Waals surface area contributed by atoms with Gasteiger partial charge in [-0.05, 0) is 74.0 Å². The molecular weight excluding hydrogens is 620 g/mol. The fraction of sp³-hybridized carbons (Fsp3) is 0.769. The van der Waals surface area contributed by atoms with Crippen LogP contribution < -0.4 is 5.32 Å². The van der Waals surface area contributed by atoms with Gasteiger partial charge in [-0.3, -0.25) is 28.8 Å². The maximum absolute atomic E-state index is 14.7. The molecule has 270 valence electrons. The normalized spacial score (nSPS) is 24.6. The molecule has 1 saturated heterocycles. The van der Waals surface area contributed by atoms with E-state index in [2.05, 4.69) is 10.3 Å². The molecule has 4 fully saturated rings. The van der Waals surface area contributed by atoms with Crippen molar-refractivity contribution in [1.82, 2.24) is 19.8 Å². The van der Waals surface area contributed by atoms with Crippen LogP contribution in [0, 0.1) is 40.9 Å². The Kier molecular flexibility index (Phi) is 12.0. The summed E-state index contributed by atoms with van der Waals surface area (Å²) in [6.07, 6.45) is 14.2. The molecule has 5 rings (SSSR count). The molecule has 0 aromatic carbocycles. The molecule has 0 radical (unpaired) electrons. The monoisotopic (exact) mass is 678 g/mol. The topological polar surface area (TPSA) is 136 Å². The molecule has 10 heteroatoms.